The number of carbonyl (C=O) groups excluding carboxylic acids is 1. The highest BCUT2D eigenvalue weighted by molar-refractivity contribution is 6.01. The molecule has 1 N–H and O–H groups in total. The Kier molecular flexibility index (Phi) is 7.16. The Morgan fingerprint density at radius 1 is 1.00 bits per heavy atom. The molecule has 0 fully saturated rings. The summed E-state index contributed by atoms with van der Waals surface area (Å²) >= 11 is 0. The van der Waals surface area contributed by atoms with E-state index >= 15 is 0 Å². The zero-order valence-electron chi connectivity index (χ0n) is 17.9. The minimum Gasteiger partial charge on any atom is -0.497 e. The largest absolute Gasteiger partial charge is 0.497 e. The van der Waals surface area contributed by atoms with Gasteiger partial charge in [0.25, 0.3) is 5.91 Å². The van der Waals surface area contributed by atoms with E-state index in [4.69, 9.17) is 14.2 Å². The highest BCUT2D eigenvalue weighted by Crippen LogP contribution is 2.23. The number of methoxy groups -OCH3 is 2. The fourth-order valence-electron chi connectivity index (χ4n) is 2.78. The number of hydrogen-bond donors (Lipinski definition) is 1. The zero-order valence-corrected chi connectivity index (χ0v) is 17.9. The third kappa shape index (κ3) is 5.57. The first kappa shape index (κ1) is 21.8. The summed E-state index contributed by atoms with van der Waals surface area (Å²) in [6.07, 6.45) is 3.00. The van der Waals surface area contributed by atoms with Gasteiger partial charge >= 0.3 is 0 Å². The Morgan fingerprint density at radius 2 is 1.68 bits per heavy atom. The maximum Gasteiger partial charge on any atom is 0.291 e. The van der Waals surface area contributed by atoms with Crippen LogP contribution in [-0.2, 0) is 0 Å². The molecule has 8 nitrogen and oxygen atoms in total. The van der Waals surface area contributed by atoms with Crippen LogP contribution in [0.3, 0.4) is 0 Å². The smallest absolute Gasteiger partial charge is 0.291 e. The zero-order chi connectivity index (χ0) is 22.2. The van der Waals surface area contributed by atoms with Crippen molar-refractivity contribution in [2.75, 3.05) is 20.8 Å². The molecule has 0 saturated carbocycles. The van der Waals surface area contributed by atoms with Crippen LogP contribution in [-0.4, -0.2) is 42.4 Å². The van der Waals surface area contributed by atoms with Crippen molar-refractivity contribution >= 4 is 11.6 Å². The van der Waals surface area contributed by atoms with Gasteiger partial charge in [-0.2, -0.15) is 5.10 Å². The van der Waals surface area contributed by atoms with Crippen LogP contribution >= 0.6 is 0 Å². The van der Waals surface area contributed by atoms with Crippen LogP contribution in [0.2, 0.25) is 0 Å². The van der Waals surface area contributed by atoms with Crippen molar-refractivity contribution in [1.29, 1.82) is 0 Å². The van der Waals surface area contributed by atoms with Gasteiger partial charge in [0.1, 0.15) is 22.9 Å². The number of nitrogens with one attached hydrogen (secondary N) is 1. The third-order valence-electron chi connectivity index (χ3n) is 4.42. The molecule has 0 aliphatic heterocycles. The molecule has 0 radical (unpaired) electrons. The molecule has 31 heavy (non-hydrogen) atoms. The van der Waals surface area contributed by atoms with Gasteiger partial charge in [-0.25, -0.2) is 10.4 Å². The second kappa shape index (κ2) is 10.2. The number of hydrazone groups is 1. The summed E-state index contributed by atoms with van der Waals surface area (Å²) in [4.78, 5) is 21.1. The van der Waals surface area contributed by atoms with Crippen LogP contribution in [0, 0.1) is 0 Å². The SMILES string of the molecule is CCOc1ccc(-c2cncc(C(=O)N/N=C(\C)c3cc(OC)cc(OC)c3)n2)cc1. The molecule has 0 atom stereocenters. The minimum atomic E-state index is -0.463. The van der Waals surface area contributed by atoms with Gasteiger partial charge in [-0.05, 0) is 50.2 Å². The number of aromatic nitrogens is 2. The van der Waals surface area contributed by atoms with Crippen molar-refractivity contribution in [2.45, 2.75) is 13.8 Å². The van der Waals surface area contributed by atoms with Crippen molar-refractivity contribution in [2.24, 2.45) is 5.10 Å². The monoisotopic (exact) mass is 420 g/mol. The molecule has 1 amide bonds. The van der Waals surface area contributed by atoms with E-state index in [-0.39, 0.29) is 5.69 Å². The molecule has 8 heteroatoms. The maximum atomic E-state index is 12.6. The lowest BCUT2D eigenvalue weighted by Gasteiger charge is -2.09. The normalized spacial score (nSPS) is 11.0. The molecule has 3 aromatic rings. The lowest BCUT2D eigenvalue weighted by atomic mass is 10.1. The summed E-state index contributed by atoms with van der Waals surface area (Å²) in [7, 11) is 3.14. The van der Waals surface area contributed by atoms with Gasteiger partial charge in [0, 0.05) is 17.2 Å². The molecule has 160 valence electrons. The highest BCUT2D eigenvalue weighted by Gasteiger charge is 2.11. The summed E-state index contributed by atoms with van der Waals surface area (Å²) in [6.45, 7) is 4.30. The van der Waals surface area contributed by atoms with E-state index in [1.807, 2.05) is 31.2 Å². The molecule has 0 aliphatic rings. The predicted molar refractivity (Wildman–Crippen MR) is 118 cm³/mol. The molecule has 0 aliphatic carbocycles. The molecule has 0 unspecified atom stereocenters. The molecular weight excluding hydrogens is 396 g/mol. The van der Waals surface area contributed by atoms with Crippen molar-refractivity contribution < 1.29 is 19.0 Å². The summed E-state index contributed by atoms with van der Waals surface area (Å²) < 4.78 is 16.0. The standard InChI is InChI=1S/C23H24N4O4/c1-5-31-18-8-6-16(7-9-18)21-13-24-14-22(25-21)23(28)27-26-15(2)17-10-19(29-3)12-20(11-17)30-4/h6-14H,5H2,1-4H3,(H,27,28)/b26-15+. The van der Waals surface area contributed by atoms with E-state index in [1.165, 1.54) is 6.20 Å². The Labute approximate surface area is 180 Å². The molecule has 2 aromatic carbocycles. The first-order chi connectivity index (χ1) is 15.0. The van der Waals surface area contributed by atoms with Gasteiger partial charge < -0.3 is 14.2 Å². The van der Waals surface area contributed by atoms with Crippen LogP contribution in [0.5, 0.6) is 17.2 Å². The van der Waals surface area contributed by atoms with Crippen LogP contribution in [0.1, 0.15) is 29.9 Å². The fraction of sp³-hybridized carbons (Fsp3) is 0.217. The molecule has 0 saturated heterocycles. The number of carbonyl (C=O) groups is 1. The van der Waals surface area contributed by atoms with E-state index in [9.17, 15) is 4.79 Å². The first-order valence-corrected chi connectivity index (χ1v) is 9.67. The molecular formula is C23H24N4O4. The predicted octanol–water partition coefficient (Wildman–Crippen LogP) is 3.71. The summed E-state index contributed by atoms with van der Waals surface area (Å²) in [5.74, 6) is 1.56. The van der Waals surface area contributed by atoms with E-state index in [2.05, 4.69) is 20.5 Å². The number of hydrogen-bond acceptors (Lipinski definition) is 7. The lowest BCUT2D eigenvalue weighted by Crippen LogP contribution is -2.21. The minimum absolute atomic E-state index is 0.158. The number of nitrogens with zero attached hydrogens (tertiary/aromatic N) is 3. The summed E-state index contributed by atoms with van der Waals surface area (Å²) in [5.41, 5.74) is 5.43. The Morgan fingerprint density at radius 3 is 2.29 bits per heavy atom. The number of benzene rings is 2. The van der Waals surface area contributed by atoms with Gasteiger partial charge in [0.15, 0.2) is 0 Å². The van der Waals surface area contributed by atoms with E-state index < -0.39 is 5.91 Å². The van der Waals surface area contributed by atoms with Crippen molar-refractivity contribution in [1.82, 2.24) is 15.4 Å². The van der Waals surface area contributed by atoms with E-state index in [1.54, 1.807) is 45.5 Å². The van der Waals surface area contributed by atoms with Crippen molar-refractivity contribution in [3.63, 3.8) is 0 Å². The van der Waals surface area contributed by atoms with Crippen LogP contribution in [0.15, 0.2) is 60.0 Å². The molecule has 0 spiro atoms. The highest BCUT2D eigenvalue weighted by atomic mass is 16.5. The topological polar surface area (TPSA) is 94.9 Å². The average Bonchev–Trinajstić information content (AvgIpc) is 2.82. The fourth-order valence-corrected chi connectivity index (χ4v) is 2.78. The molecule has 1 aromatic heterocycles. The quantitative estimate of drug-likeness (QED) is 0.441. The molecule has 3 rings (SSSR count). The second-order valence-electron chi connectivity index (χ2n) is 6.49. The van der Waals surface area contributed by atoms with Crippen LogP contribution < -0.4 is 19.6 Å². The number of amides is 1. The maximum absolute atomic E-state index is 12.6. The van der Waals surface area contributed by atoms with Gasteiger partial charge in [-0.3, -0.25) is 9.78 Å². The molecule has 0 bridgehead atoms. The second-order valence-corrected chi connectivity index (χ2v) is 6.49. The average molecular weight is 420 g/mol. The van der Waals surface area contributed by atoms with Crippen LogP contribution in [0.4, 0.5) is 0 Å². The van der Waals surface area contributed by atoms with E-state index in [0.29, 0.717) is 29.5 Å². The van der Waals surface area contributed by atoms with Gasteiger partial charge in [0.05, 0.1) is 44.6 Å². The van der Waals surface area contributed by atoms with Gasteiger partial charge in [-0.15, -0.1) is 0 Å². The number of rotatable bonds is 8. The molecule has 1 heterocycles. The Balaban J connectivity index is 1.75. The first-order valence-electron chi connectivity index (χ1n) is 9.67. The summed E-state index contributed by atoms with van der Waals surface area (Å²) in [6, 6.07) is 12.8. The van der Waals surface area contributed by atoms with Crippen LogP contribution in [0.25, 0.3) is 11.3 Å². The Hall–Kier alpha value is -3.94. The number of ether oxygens (including phenoxy) is 3. The Bertz CT molecular complexity index is 1060. The summed E-state index contributed by atoms with van der Waals surface area (Å²) in [5, 5.41) is 4.18. The van der Waals surface area contributed by atoms with Crippen molar-refractivity contribution in [3.05, 3.63) is 66.1 Å². The third-order valence-corrected chi connectivity index (χ3v) is 4.42. The van der Waals surface area contributed by atoms with Gasteiger partial charge in [-0.1, -0.05) is 0 Å². The van der Waals surface area contributed by atoms with Crippen molar-refractivity contribution in [3.8, 4) is 28.5 Å². The van der Waals surface area contributed by atoms with Gasteiger partial charge in [0.2, 0.25) is 0 Å². The van der Waals surface area contributed by atoms with E-state index in [0.717, 1.165) is 16.9 Å². The lowest BCUT2D eigenvalue weighted by molar-refractivity contribution is 0.0949.